The molecule has 3 aliphatic rings. The maximum atomic E-state index is 14.3. The first-order valence-electron chi connectivity index (χ1n) is 13.9. The van der Waals surface area contributed by atoms with E-state index in [0.717, 1.165) is 50.2 Å². The summed E-state index contributed by atoms with van der Waals surface area (Å²) in [6.07, 6.45) is 2.95. The zero-order chi connectivity index (χ0) is 28.1. The van der Waals surface area contributed by atoms with Gasteiger partial charge in [0.2, 0.25) is 0 Å². The van der Waals surface area contributed by atoms with Crippen LogP contribution in [0.15, 0.2) is 42.7 Å². The Morgan fingerprint density at radius 1 is 1.07 bits per heavy atom. The van der Waals surface area contributed by atoms with Crippen LogP contribution >= 0.6 is 0 Å². The molecule has 0 atom stereocenters. The number of hydrogen-bond acceptors (Lipinski definition) is 5. The van der Waals surface area contributed by atoms with Crippen molar-refractivity contribution in [2.45, 2.75) is 69.3 Å². The Morgan fingerprint density at radius 2 is 1.82 bits per heavy atom. The molecule has 0 bridgehead atoms. The van der Waals surface area contributed by atoms with E-state index in [4.69, 9.17) is 4.74 Å². The van der Waals surface area contributed by atoms with Crippen molar-refractivity contribution in [3.8, 4) is 0 Å². The highest BCUT2D eigenvalue weighted by Crippen LogP contribution is 2.50. The summed E-state index contributed by atoms with van der Waals surface area (Å²) >= 11 is 0. The van der Waals surface area contributed by atoms with Gasteiger partial charge in [-0.15, -0.1) is 10.2 Å². The summed E-state index contributed by atoms with van der Waals surface area (Å²) < 4.78 is 50.3. The summed E-state index contributed by atoms with van der Waals surface area (Å²) in [4.78, 5) is 17.4. The van der Waals surface area contributed by atoms with E-state index in [1.807, 2.05) is 29.8 Å². The molecule has 6 rings (SSSR count). The lowest BCUT2D eigenvalue weighted by atomic mass is 9.62. The first-order chi connectivity index (χ1) is 19.2. The fourth-order valence-electron chi connectivity index (χ4n) is 6.69. The third-order valence-electron chi connectivity index (χ3n) is 8.85. The van der Waals surface area contributed by atoms with Crippen molar-refractivity contribution in [3.63, 3.8) is 0 Å². The SMILES string of the molecule is COC1CC(c2cccc(N3Cc4c(cc(CN5CCCCCC5)cc4C(F)(F)F)C3=O)c2)(c2nncn2C)C1. The number of likely N-dealkylation sites (tertiary alicyclic amines) is 1. The van der Waals surface area contributed by atoms with Gasteiger partial charge in [-0.2, -0.15) is 13.2 Å². The monoisotopic (exact) mass is 553 g/mol. The van der Waals surface area contributed by atoms with Gasteiger partial charge in [-0.25, -0.2) is 0 Å². The van der Waals surface area contributed by atoms with Gasteiger partial charge < -0.3 is 14.2 Å². The number of alkyl halides is 3. The molecule has 0 radical (unpaired) electrons. The third-order valence-corrected chi connectivity index (χ3v) is 8.85. The maximum Gasteiger partial charge on any atom is 0.416 e. The quantitative estimate of drug-likeness (QED) is 0.406. The number of fused-ring (bicyclic) bond motifs is 1. The van der Waals surface area contributed by atoms with Crippen LogP contribution in [0.3, 0.4) is 0 Å². The number of ether oxygens (including phenoxy) is 1. The minimum Gasteiger partial charge on any atom is -0.381 e. The summed E-state index contributed by atoms with van der Waals surface area (Å²) in [5.74, 6) is 0.401. The first-order valence-corrected chi connectivity index (χ1v) is 13.9. The number of hydrogen-bond donors (Lipinski definition) is 0. The van der Waals surface area contributed by atoms with E-state index in [9.17, 15) is 18.0 Å². The number of benzene rings is 2. The number of amides is 1. The Labute approximate surface area is 231 Å². The average Bonchev–Trinajstić information content (AvgIpc) is 3.36. The van der Waals surface area contributed by atoms with Gasteiger partial charge in [0.15, 0.2) is 0 Å². The Hall–Kier alpha value is -3.24. The molecule has 1 saturated carbocycles. The molecular formula is C30H34F3N5O2. The summed E-state index contributed by atoms with van der Waals surface area (Å²) in [7, 11) is 3.57. The molecule has 212 valence electrons. The highest BCUT2D eigenvalue weighted by Gasteiger charge is 2.50. The largest absolute Gasteiger partial charge is 0.416 e. The lowest BCUT2D eigenvalue weighted by Gasteiger charge is -2.46. The number of carbonyl (C=O) groups is 1. The van der Waals surface area contributed by atoms with Crippen molar-refractivity contribution in [3.05, 3.63) is 76.4 Å². The van der Waals surface area contributed by atoms with Crippen LogP contribution < -0.4 is 4.90 Å². The van der Waals surface area contributed by atoms with Crippen LogP contribution in [0.1, 0.15) is 77.0 Å². The first kappa shape index (κ1) is 27.0. The summed E-state index contributed by atoms with van der Waals surface area (Å²) in [6, 6.07) is 10.5. The topological polar surface area (TPSA) is 63.5 Å². The van der Waals surface area contributed by atoms with Gasteiger partial charge in [-0.1, -0.05) is 25.0 Å². The molecule has 0 spiro atoms. The molecule has 3 aromatic rings. The molecule has 0 unspecified atom stereocenters. The van der Waals surface area contributed by atoms with Gasteiger partial charge in [0, 0.05) is 32.0 Å². The predicted molar refractivity (Wildman–Crippen MR) is 144 cm³/mol. The summed E-state index contributed by atoms with van der Waals surface area (Å²) in [5.41, 5.74) is 1.09. The highest BCUT2D eigenvalue weighted by atomic mass is 19.4. The normalized spacial score (nSPS) is 23.7. The van der Waals surface area contributed by atoms with E-state index in [1.54, 1.807) is 25.6 Å². The summed E-state index contributed by atoms with van der Waals surface area (Å²) in [5, 5.41) is 8.45. The molecule has 2 aromatic carbocycles. The zero-order valence-electron chi connectivity index (χ0n) is 22.9. The van der Waals surface area contributed by atoms with E-state index in [-0.39, 0.29) is 23.8 Å². The van der Waals surface area contributed by atoms with Crippen LogP contribution in [0.25, 0.3) is 0 Å². The minimum atomic E-state index is -4.55. The van der Waals surface area contributed by atoms with Gasteiger partial charge in [-0.3, -0.25) is 9.69 Å². The Balaban J connectivity index is 1.34. The summed E-state index contributed by atoms with van der Waals surface area (Å²) in [6.45, 7) is 2.03. The van der Waals surface area contributed by atoms with Crippen molar-refractivity contribution in [2.75, 3.05) is 25.1 Å². The second kappa shape index (κ2) is 10.3. The number of anilines is 1. The van der Waals surface area contributed by atoms with Gasteiger partial charge >= 0.3 is 6.18 Å². The molecule has 1 amide bonds. The van der Waals surface area contributed by atoms with Gasteiger partial charge in [0.25, 0.3) is 5.91 Å². The molecule has 2 fully saturated rings. The molecule has 1 aliphatic carbocycles. The minimum absolute atomic E-state index is 0.0497. The second-order valence-corrected chi connectivity index (χ2v) is 11.4. The van der Waals surface area contributed by atoms with E-state index in [1.165, 1.54) is 11.0 Å². The zero-order valence-corrected chi connectivity index (χ0v) is 22.9. The molecule has 2 aliphatic heterocycles. The molecule has 7 nitrogen and oxygen atoms in total. The van der Waals surface area contributed by atoms with Crippen LogP contribution in [-0.2, 0) is 36.5 Å². The van der Waals surface area contributed by atoms with Crippen LogP contribution in [0, 0.1) is 0 Å². The second-order valence-electron chi connectivity index (χ2n) is 11.4. The maximum absolute atomic E-state index is 14.3. The van der Waals surface area contributed by atoms with Crippen molar-refractivity contribution in [1.29, 1.82) is 0 Å². The standard InChI is InChI=1S/C30H34F3N5O2/c1-36-19-34-35-28(36)29(15-23(16-29)40-2)21-8-7-9-22(14-21)38-18-25-24(27(38)39)12-20(13-26(25)30(31,32)33)17-37-10-5-3-4-6-11-37/h7-9,12-14,19,23H,3-6,10-11,15-18H2,1-2H3. The number of carbonyl (C=O) groups excluding carboxylic acids is 1. The predicted octanol–water partition coefficient (Wildman–Crippen LogP) is 5.47. The van der Waals surface area contributed by atoms with Gasteiger partial charge in [0.05, 0.1) is 23.6 Å². The van der Waals surface area contributed by atoms with Crippen LogP contribution in [0.5, 0.6) is 0 Å². The van der Waals surface area contributed by atoms with Crippen LogP contribution in [0.4, 0.5) is 18.9 Å². The fraction of sp³-hybridized carbons (Fsp3) is 0.500. The van der Waals surface area contributed by atoms with E-state index < -0.39 is 23.1 Å². The molecule has 3 heterocycles. The smallest absolute Gasteiger partial charge is 0.381 e. The average molecular weight is 554 g/mol. The number of rotatable bonds is 6. The lowest BCUT2D eigenvalue weighted by molar-refractivity contribution is -0.138. The van der Waals surface area contributed by atoms with Gasteiger partial charge in [0.1, 0.15) is 12.2 Å². The third kappa shape index (κ3) is 4.71. The molecule has 1 aromatic heterocycles. The van der Waals surface area contributed by atoms with Gasteiger partial charge in [-0.05, 0) is 79.7 Å². The number of aromatic nitrogens is 3. The molecule has 1 saturated heterocycles. The number of aryl methyl sites for hydroxylation is 1. The Kier molecular flexibility index (Phi) is 6.94. The number of methoxy groups -OCH3 is 1. The Morgan fingerprint density at radius 3 is 2.48 bits per heavy atom. The number of nitrogens with zero attached hydrogens (tertiary/aromatic N) is 5. The lowest BCUT2D eigenvalue weighted by Crippen LogP contribution is -2.48. The number of halogens is 3. The Bertz CT molecular complexity index is 1400. The van der Waals surface area contributed by atoms with E-state index >= 15 is 0 Å². The highest BCUT2D eigenvalue weighted by molar-refractivity contribution is 6.10. The fourth-order valence-corrected chi connectivity index (χ4v) is 6.69. The van der Waals surface area contributed by atoms with E-state index in [0.29, 0.717) is 30.6 Å². The van der Waals surface area contributed by atoms with E-state index in [2.05, 4.69) is 15.1 Å². The van der Waals surface area contributed by atoms with Crippen molar-refractivity contribution < 1.29 is 22.7 Å². The van der Waals surface area contributed by atoms with Crippen molar-refractivity contribution in [1.82, 2.24) is 19.7 Å². The van der Waals surface area contributed by atoms with Crippen LogP contribution in [-0.4, -0.2) is 51.9 Å². The van der Waals surface area contributed by atoms with Crippen molar-refractivity contribution in [2.24, 2.45) is 7.05 Å². The molecular weight excluding hydrogens is 519 g/mol. The molecule has 0 N–H and O–H groups in total. The molecule has 40 heavy (non-hydrogen) atoms. The molecule has 10 heteroatoms. The van der Waals surface area contributed by atoms with Crippen molar-refractivity contribution >= 4 is 11.6 Å². The van der Waals surface area contributed by atoms with Crippen LogP contribution in [0.2, 0.25) is 0 Å².